The van der Waals surface area contributed by atoms with Crippen LogP contribution in [-0.4, -0.2) is 65.8 Å². The summed E-state index contributed by atoms with van der Waals surface area (Å²) >= 11 is 0. The number of aromatic nitrogens is 2. The van der Waals surface area contributed by atoms with Gasteiger partial charge < -0.3 is 9.64 Å². The predicted octanol–water partition coefficient (Wildman–Crippen LogP) is 2.07. The molecule has 0 spiro atoms. The van der Waals surface area contributed by atoms with Crippen molar-refractivity contribution in [1.29, 1.82) is 0 Å². The van der Waals surface area contributed by atoms with Crippen molar-refractivity contribution in [1.82, 2.24) is 19.8 Å². The van der Waals surface area contributed by atoms with Crippen molar-refractivity contribution in [3.8, 4) is 0 Å². The normalized spacial score (nSPS) is 24.0. The first-order valence-corrected chi connectivity index (χ1v) is 11.0. The molecule has 3 amide bonds. The number of anilines is 1. The monoisotopic (exact) mass is 411 g/mol. The van der Waals surface area contributed by atoms with Crippen molar-refractivity contribution in [2.75, 3.05) is 44.3 Å². The van der Waals surface area contributed by atoms with Crippen LogP contribution in [0.15, 0.2) is 24.5 Å². The SMILES string of the molecule is O=C1CCN(c2cnn3ccc(CC4CCN(C[C@@H]5CCOC5)CC4)cc23)C(=O)N1. The number of likely N-dealkylation sites (tertiary alicyclic amines) is 1. The topological polar surface area (TPSA) is 79.2 Å². The Balaban J connectivity index is 1.23. The predicted molar refractivity (Wildman–Crippen MR) is 112 cm³/mol. The number of rotatable bonds is 5. The van der Waals surface area contributed by atoms with Gasteiger partial charge in [-0.25, -0.2) is 9.31 Å². The highest BCUT2D eigenvalue weighted by Gasteiger charge is 2.27. The fraction of sp³-hybridized carbons (Fsp3) is 0.591. The van der Waals surface area contributed by atoms with Crippen LogP contribution in [0, 0.1) is 11.8 Å². The van der Waals surface area contributed by atoms with Crippen LogP contribution in [0.5, 0.6) is 0 Å². The molecular weight excluding hydrogens is 382 g/mol. The lowest BCUT2D eigenvalue weighted by Gasteiger charge is -2.33. The zero-order chi connectivity index (χ0) is 20.5. The second kappa shape index (κ2) is 8.35. The molecule has 8 heteroatoms. The number of imide groups is 1. The highest BCUT2D eigenvalue weighted by Crippen LogP contribution is 2.27. The first-order chi connectivity index (χ1) is 14.7. The lowest BCUT2D eigenvalue weighted by Crippen LogP contribution is -2.49. The Morgan fingerprint density at radius 2 is 2.00 bits per heavy atom. The van der Waals surface area contributed by atoms with Gasteiger partial charge >= 0.3 is 6.03 Å². The Bertz CT molecular complexity index is 928. The number of carbonyl (C=O) groups is 2. The van der Waals surface area contributed by atoms with Crippen LogP contribution in [0.1, 0.15) is 31.2 Å². The van der Waals surface area contributed by atoms with Gasteiger partial charge in [0.05, 0.1) is 24.0 Å². The number of nitrogens with zero attached hydrogens (tertiary/aromatic N) is 4. The van der Waals surface area contributed by atoms with E-state index in [1.165, 1.54) is 44.5 Å². The molecule has 0 bridgehead atoms. The average molecular weight is 412 g/mol. The van der Waals surface area contributed by atoms with Crippen LogP contribution in [0.2, 0.25) is 0 Å². The summed E-state index contributed by atoms with van der Waals surface area (Å²) in [6.07, 6.45) is 8.69. The molecule has 1 atom stereocenters. The zero-order valence-electron chi connectivity index (χ0n) is 17.3. The molecule has 0 aromatic carbocycles. The van der Waals surface area contributed by atoms with Gasteiger partial charge in [0, 0.05) is 32.3 Å². The third-order valence-electron chi connectivity index (χ3n) is 6.68. The van der Waals surface area contributed by atoms with Gasteiger partial charge in [-0.3, -0.25) is 15.0 Å². The minimum absolute atomic E-state index is 0.222. The van der Waals surface area contributed by atoms with Crippen molar-refractivity contribution in [3.05, 3.63) is 30.1 Å². The van der Waals surface area contributed by atoms with Crippen LogP contribution >= 0.6 is 0 Å². The molecule has 3 aliphatic heterocycles. The van der Waals surface area contributed by atoms with E-state index >= 15 is 0 Å². The van der Waals surface area contributed by atoms with Gasteiger partial charge in [-0.2, -0.15) is 5.10 Å². The van der Waals surface area contributed by atoms with E-state index in [9.17, 15) is 9.59 Å². The Kier molecular flexibility index (Phi) is 5.43. The van der Waals surface area contributed by atoms with Gasteiger partial charge in [0.15, 0.2) is 0 Å². The Morgan fingerprint density at radius 3 is 2.77 bits per heavy atom. The fourth-order valence-corrected chi connectivity index (χ4v) is 4.94. The Hall–Kier alpha value is -2.45. The maximum Gasteiger partial charge on any atom is 0.328 e. The second-order valence-corrected chi connectivity index (χ2v) is 8.83. The quantitative estimate of drug-likeness (QED) is 0.815. The highest BCUT2D eigenvalue weighted by atomic mass is 16.5. The number of hydrogen-bond acceptors (Lipinski definition) is 5. The van der Waals surface area contributed by atoms with Gasteiger partial charge in [-0.05, 0) is 68.3 Å². The first-order valence-electron chi connectivity index (χ1n) is 11.0. The molecule has 3 saturated heterocycles. The number of fused-ring (bicyclic) bond motifs is 1. The molecule has 0 aliphatic carbocycles. The van der Waals surface area contributed by atoms with Crippen LogP contribution < -0.4 is 10.2 Å². The molecule has 2 aromatic heterocycles. The van der Waals surface area contributed by atoms with Gasteiger partial charge in [0.1, 0.15) is 0 Å². The molecule has 30 heavy (non-hydrogen) atoms. The van der Waals surface area contributed by atoms with Crippen molar-refractivity contribution in [3.63, 3.8) is 0 Å². The van der Waals surface area contributed by atoms with Crippen LogP contribution in [0.4, 0.5) is 10.5 Å². The summed E-state index contributed by atoms with van der Waals surface area (Å²) in [5, 5.41) is 6.78. The third-order valence-corrected chi connectivity index (χ3v) is 6.68. The summed E-state index contributed by atoms with van der Waals surface area (Å²) in [7, 11) is 0. The second-order valence-electron chi connectivity index (χ2n) is 8.83. The summed E-state index contributed by atoms with van der Waals surface area (Å²) in [6, 6.07) is 3.91. The molecular formula is C22H29N5O3. The van der Waals surface area contributed by atoms with E-state index in [4.69, 9.17) is 4.74 Å². The van der Waals surface area contributed by atoms with Crippen LogP contribution in [0.25, 0.3) is 5.52 Å². The molecule has 2 aromatic rings. The summed E-state index contributed by atoms with van der Waals surface area (Å²) in [5.74, 6) is 1.18. The highest BCUT2D eigenvalue weighted by molar-refractivity contribution is 6.07. The largest absolute Gasteiger partial charge is 0.381 e. The van der Waals surface area contributed by atoms with Gasteiger partial charge in [-0.15, -0.1) is 0 Å². The number of amides is 3. The Morgan fingerprint density at radius 1 is 1.13 bits per heavy atom. The number of urea groups is 1. The number of pyridine rings is 1. The zero-order valence-corrected chi connectivity index (χ0v) is 17.3. The standard InChI is InChI=1S/C22H29N5O3/c28-21-4-8-26(22(29)24-21)20-13-23-27-9-3-17(12-19(20)27)11-16-1-6-25(7-2-16)14-18-5-10-30-15-18/h3,9,12-13,16,18H,1-2,4-8,10-11,14-15H2,(H,24,28,29)/t18-/m0/s1. The maximum absolute atomic E-state index is 12.2. The van der Waals surface area contributed by atoms with E-state index in [1.807, 2.05) is 6.20 Å². The van der Waals surface area contributed by atoms with E-state index in [2.05, 4.69) is 27.4 Å². The smallest absolute Gasteiger partial charge is 0.328 e. The molecule has 5 rings (SSSR count). The number of nitrogens with one attached hydrogen (secondary N) is 1. The molecule has 3 fully saturated rings. The van der Waals surface area contributed by atoms with Crippen molar-refractivity contribution >= 4 is 23.1 Å². The van der Waals surface area contributed by atoms with E-state index in [0.717, 1.165) is 30.8 Å². The molecule has 8 nitrogen and oxygen atoms in total. The van der Waals surface area contributed by atoms with Gasteiger partial charge in [0.2, 0.25) is 5.91 Å². The van der Waals surface area contributed by atoms with E-state index in [1.54, 1.807) is 15.6 Å². The molecule has 1 N–H and O–H groups in total. The number of hydrogen-bond donors (Lipinski definition) is 1. The van der Waals surface area contributed by atoms with Gasteiger partial charge in [-0.1, -0.05) is 0 Å². The van der Waals surface area contributed by atoms with E-state index < -0.39 is 0 Å². The van der Waals surface area contributed by atoms with Gasteiger partial charge in [0.25, 0.3) is 0 Å². The molecule has 160 valence electrons. The van der Waals surface area contributed by atoms with E-state index in [-0.39, 0.29) is 11.9 Å². The van der Waals surface area contributed by atoms with E-state index in [0.29, 0.717) is 24.8 Å². The van der Waals surface area contributed by atoms with Crippen LogP contribution in [-0.2, 0) is 16.0 Å². The lowest BCUT2D eigenvalue weighted by atomic mass is 9.90. The third kappa shape index (κ3) is 4.06. The molecule has 0 unspecified atom stereocenters. The van der Waals surface area contributed by atoms with Crippen molar-refractivity contribution in [2.45, 2.75) is 32.1 Å². The van der Waals surface area contributed by atoms with Crippen molar-refractivity contribution < 1.29 is 14.3 Å². The molecule has 0 radical (unpaired) electrons. The fourth-order valence-electron chi connectivity index (χ4n) is 4.94. The number of piperidine rings is 1. The Labute approximate surface area is 176 Å². The lowest BCUT2D eigenvalue weighted by molar-refractivity contribution is -0.120. The first kappa shape index (κ1) is 19.5. The summed E-state index contributed by atoms with van der Waals surface area (Å²) in [5.41, 5.74) is 2.95. The maximum atomic E-state index is 12.2. The van der Waals surface area contributed by atoms with Crippen LogP contribution in [0.3, 0.4) is 0 Å². The number of carbonyl (C=O) groups excluding carboxylic acids is 2. The minimum atomic E-state index is -0.369. The molecule has 0 saturated carbocycles. The summed E-state index contributed by atoms with van der Waals surface area (Å²) in [4.78, 5) is 27.9. The van der Waals surface area contributed by atoms with Crippen molar-refractivity contribution in [2.24, 2.45) is 11.8 Å². The number of ether oxygens (including phenoxy) is 1. The summed E-state index contributed by atoms with van der Waals surface area (Å²) < 4.78 is 7.31. The average Bonchev–Trinajstić information content (AvgIpc) is 3.39. The minimum Gasteiger partial charge on any atom is -0.381 e. The molecule has 5 heterocycles. The molecule has 3 aliphatic rings. The summed E-state index contributed by atoms with van der Waals surface area (Å²) in [6.45, 7) is 5.76.